The van der Waals surface area contributed by atoms with Crippen LogP contribution in [0, 0.1) is 23.2 Å². The van der Waals surface area contributed by atoms with E-state index in [0.29, 0.717) is 11.3 Å². The van der Waals surface area contributed by atoms with Gasteiger partial charge in [-0.2, -0.15) is 0 Å². The van der Waals surface area contributed by atoms with Crippen molar-refractivity contribution < 1.29 is 14.3 Å². The van der Waals surface area contributed by atoms with E-state index in [1.807, 2.05) is 0 Å². The molecule has 0 heterocycles. The zero-order valence-electron chi connectivity index (χ0n) is 15.6. The first kappa shape index (κ1) is 17.4. The number of carbonyl (C=O) groups excluding carboxylic acids is 2. The molecule has 4 aliphatic carbocycles. The molecule has 140 valence electrons. The molecule has 5 heteroatoms. The molecular weight excluding hydrogens is 328 g/mol. The zero-order valence-corrected chi connectivity index (χ0v) is 15.6. The lowest BCUT2D eigenvalue weighted by Gasteiger charge is -2.59. The first-order valence-corrected chi connectivity index (χ1v) is 9.74. The van der Waals surface area contributed by atoms with E-state index >= 15 is 0 Å². The van der Waals surface area contributed by atoms with E-state index in [0.717, 1.165) is 17.8 Å². The van der Waals surface area contributed by atoms with E-state index in [4.69, 9.17) is 4.74 Å². The van der Waals surface area contributed by atoms with Crippen molar-refractivity contribution in [3.8, 4) is 0 Å². The minimum absolute atomic E-state index is 0.140. The van der Waals surface area contributed by atoms with Crippen LogP contribution in [0.25, 0.3) is 0 Å². The van der Waals surface area contributed by atoms with Crippen molar-refractivity contribution in [3.63, 3.8) is 0 Å². The van der Waals surface area contributed by atoms with Crippen LogP contribution in [0.4, 0.5) is 10.5 Å². The number of anilines is 1. The lowest BCUT2D eigenvalue weighted by atomic mass is 9.48. The minimum Gasteiger partial charge on any atom is -0.465 e. The van der Waals surface area contributed by atoms with Gasteiger partial charge in [-0.3, -0.25) is 0 Å². The number of nitrogens with one attached hydrogen (secondary N) is 2. The molecule has 4 saturated carbocycles. The first-order valence-electron chi connectivity index (χ1n) is 9.74. The maximum absolute atomic E-state index is 12.6. The third kappa shape index (κ3) is 3.08. The standard InChI is InChI=1S/C21H28N2O3/c1-13(21-10-14-7-15(11-21)9-16(8-14)12-21)22-20(25)23-18-6-4-3-5-17(18)19(24)26-2/h3-6,13-16H,7-12H2,1-2H3,(H2,22,23,25). The average Bonchev–Trinajstić information content (AvgIpc) is 2.60. The van der Waals surface area contributed by atoms with Gasteiger partial charge < -0.3 is 15.4 Å². The number of esters is 1. The summed E-state index contributed by atoms with van der Waals surface area (Å²) in [6.07, 6.45) is 7.93. The number of benzene rings is 1. The topological polar surface area (TPSA) is 67.4 Å². The molecule has 4 bridgehead atoms. The number of ether oxygens (including phenoxy) is 1. The number of hydrogen-bond donors (Lipinski definition) is 2. The average molecular weight is 356 g/mol. The molecule has 0 spiro atoms. The number of hydrogen-bond acceptors (Lipinski definition) is 3. The van der Waals surface area contributed by atoms with Crippen LogP contribution in [-0.2, 0) is 4.74 Å². The molecule has 0 aliphatic heterocycles. The summed E-state index contributed by atoms with van der Waals surface area (Å²) in [7, 11) is 1.34. The van der Waals surface area contributed by atoms with Crippen molar-refractivity contribution in [3.05, 3.63) is 29.8 Å². The second kappa shape index (κ2) is 6.60. The fraction of sp³-hybridized carbons (Fsp3) is 0.619. The molecule has 1 aromatic rings. The molecule has 4 aliphatic rings. The molecule has 1 aromatic carbocycles. The normalized spacial score (nSPS) is 32.8. The van der Waals surface area contributed by atoms with Crippen molar-refractivity contribution in [1.29, 1.82) is 0 Å². The third-order valence-corrected chi connectivity index (χ3v) is 6.93. The van der Waals surface area contributed by atoms with Gasteiger partial charge in [-0.15, -0.1) is 0 Å². The van der Waals surface area contributed by atoms with Crippen molar-refractivity contribution in [2.45, 2.75) is 51.5 Å². The highest BCUT2D eigenvalue weighted by atomic mass is 16.5. The highest BCUT2D eigenvalue weighted by Crippen LogP contribution is 2.61. The monoisotopic (exact) mass is 356 g/mol. The van der Waals surface area contributed by atoms with E-state index in [2.05, 4.69) is 17.6 Å². The van der Waals surface area contributed by atoms with Crippen LogP contribution in [0.2, 0.25) is 0 Å². The van der Waals surface area contributed by atoms with Gasteiger partial charge >= 0.3 is 12.0 Å². The van der Waals surface area contributed by atoms with Gasteiger partial charge in [-0.05, 0) is 80.8 Å². The zero-order chi connectivity index (χ0) is 18.3. The van der Waals surface area contributed by atoms with Gasteiger partial charge in [0.25, 0.3) is 0 Å². The van der Waals surface area contributed by atoms with E-state index in [1.165, 1.54) is 45.6 Å². The Morgan fingerprint density at radius 1 is 1.08 bits per heavy atom. The van der Waals surface area contributed by atoms with Gasteiger partial charge in [0.2, 0.25) is 0 Å². The Balaban J connectivity index is 1.44. The minimum atomic E-state index is -0.449. The molecule has 5 nitrogen and oxygen atoms in total. The van der Waals surface area contributed by atoms with Crippen molar-refractivity contribution in [2.24, 2.45) is 23.2 Å². The highest BCUT2D eigenvalue weighted by molar-refractivity contribution is 6.00. The van der Waals surface area contributed by atoms with Crippen LogP contribution >= 0.6 is 0 Å². The molecule has 2 N–H and O–H groups in total. The number of urea groups is 1. The Morgan fingerprint density at radius 3 is 2.23 bits per heavy atom. The second-order valence-electron chi connectivity index (χ2n) is 8.64. The molecule has 1 unspecified atom stereocenters. The molecule has 4 fully saturated rings. The number of carbonyl (C=O) groups is 2. The number of para-hydroxylation sites is 1. The molecule has 1 atom stereocenters. The summed E-state index contributed by atoms with van der Waals surface area (Å²) in [6.45, 7) is 2.15. The van der Waals surface area contributed by atoms with Crippen LogP contribution in [0.1, 0.15) is 55.8 Å². The fourth-order valence-electron chi connectivity index (χ4n) is 6.10. The summed E-state index contributed by atoms with van der Waals surface area (Å²) in [5, 5.41) is 6.01. The molecule has 2 amide bonds. The fourth-order valence-corrected chi connectivity index (χ4v) is 6.10. The summed E-state index contributed by atoms with van der Waals surface area (Å²) < 4.78 is 4.79. The molecule has 0 aromatic heterocycles. The Bertz CT molecular complexity index is 680. The Labute approximate surface area is 154 Å². The highest BCUT2D eigenvalue weighted by Gasteiger charge is 2.53. The van der Waals surface area contributed by atoms with Crippen LogP contribution in [0.15, 0.2) is 24.3 Å². The van der Waals surface area contributed by atoms with Gasteiger partial charge in [0.05, 0.1) is 18.4 Å². The Morgan fingerprint density at radius 2 is 1.65 bits per heavy atom. The number of rotatable bonds is 4. The van der Waals surface area contributed by atoms with Gasteiger partial charge in [0.1, 0.15) is 0 Å². The lowest BCUT2D eigenvalue weighted by molar-refractivity contribution is -0.0679. The second-order valence-corrected chi connectivity index (χ2v) is 8.64. The predicted molar refractivity (Wildman–Crippen MR) is 100 cm³/mol. The molecular formula is C21H28N2O3. The van der Waals surface area contributed by atoms with Gasteiger partial charge in [-0.25, -0.2) is 9.59 Å². The van der Waals surface area contributed by atoms with Crippen molar-refractivity contribution >= 4 is 17.7 Å². The smallest absolute Gasteiger partial charge is 0.339 e. The van der Waals surface area contributed by atoms with Gasteiger partial charge in [0.15, 0.2) is 0 Å². The summed E-state index contributed by atoms with van der Waals surface area (Å²) in [4.78, 5) is 24.5. The van der Waals surface area contributed by atoms with E-state index in [9.17, 15) is 9.59 Å². The first-order chi connectivity index (χ1) is 12.5. The van der Waals surface area contributed by atoms with Crippen LogP contribution in [0.5, 0.6) is 0 Å². The molecule has 0 saturated heterocycles. The SMILES string of the molecule is COC(=O)c1ccccc1NC(=O)NC(C)C12CC3CC(CC(C3)C1)C2. The van der Waals surface area contributed by atoms with Gasteiger partial charge in [-0.1, -0.05) is 12.1 Å². The van der Waals surface area contributed by atoms with Crippen molar-refractivity contribution in [2.75, 3.05) is 12.4 Å². The van der Waals surface area contributed by atoms with E-state index in [-0.39, 0.29) is 17.5 Å². The maximum atomic E-state index is 12.6. The summed E-state index contributed by atoms with van der Waals surface area (Å²) >= 11 is 0. The number of methoxy groups -OCH3 is 1. The molecule has 0 radical (unpaired) electrons. The molecule has 26 heavy (non-hydrogen) atoms. The van der Waals surface area contributed by atoms with Crippen LogP contribution in [0.3, 0.4) is 0 Å². The lowest BCUT2D eigenvalue weighted by Crippen LogP contribution is -2.56. The van der Waals surface area contributed by atoms with Gasteiger partial charge in [0, 0.05) is 6.04 Å². The van der Waals surface area contributed by atoms with Crippen molar-refractivity contribution in [1.82, 2.24) is 5.32 Å². The Kier molecular flexibility index (Phi) is 4.41. The summed E-state index contributed by atoms with van der Waals surface area (Å²) in [5.74, 6) is 2.12. The predicted octanol–water partition coefficient (Wildman–Crippen LogP) is 4.20. The van der Waals surface area contributed by atoms with E-state index in [1.54, 1.807) is 24.3 Å². The number of amides is 2. The quantitative estimate of drug-likeness (QED) is 0.795. The van der Waals surface area contributed by atoms with Crippen LogP contribution < -0.4 is 10.6 Å². The molecule has 5 rings (SSSR count). The third-order valence-electron chi connectivity index (χ3n) is 6.93. The summed E-state index contributed by atoms with van der Waals surface area (Å²) in [5.41, 5.74) is 1.11. The Hall–Kier alpha value is -2.04. The maximum Gasteiger partial charge on any atom is 0.339 e. The largest absolute Gasteiger partial charge is 0.465 e. The van der Waals surface area contributed by atoms with Crippen LogP contribution in [-0.4, -0.2) is 25.2 Å². The summed E-state index contributed by atoms with van der Waals surface area (Å²) in [6, 6.07) is 6.83. The van der Waals surface area contributed by atoms with E-state index < -0.39 is 5.97 Å².